The molecule has 2 heterocycles. The largest absolute Gasteiger partial charge is 0.484 e. The van der Waals surface area contributed by atoms with Gasteiger partial charge in [0.2, 0.25) is 10.0 Å². The second-order valence-electron chi connectivity index (χ2n) is 6.34. The number of benzene rings is 1. The number of hydrogen-bond acceptors (Lipinski definition) is 5. The number of carbonyl (C=O) groups is 1. The second kappa shape index (κ2) is 9.05. The Morgan fingerprint density at radius 2 is 1.89 bits per heavy atom. The molecule has 1 aliphatic heterocycles. The van der Waals surface area contributed by atoms with Crippen LogP contribution in [0, 0.1) is 5.92 Å². The molecule has 0 unspecified atom stereocenters. The van der Waals surface area contributed by atoms with Gasteiger partial charge in [0.1, 0.15) is 9.96 Å². The molecule has 0 saturated carbocycles. The summed E-state index contributed by atoms with van der Waals surface area (Å²) in [6.45, 7) is 1.59. The number of para-hydroxylation sites is 1. The lowest BCUT2D eigenvalue weighted by molar-refractivity contribution is -0.134. The fourth-order valence-corrected chi connectivity index (χ4v) is 5.52. The maximum Gasteiger partial charge on any atom is 0.260 e. The third-order valence-electron chi connectivity index (χ3n) is 4.45. The third-order valence-corrected chi connectivity index (χ3v) is 7.59. The van der Waals surface area contributed by atoms with E-state index in [4.69, 9.17) is 16.3 Å². The molecule has 1 N–H and O–H groups in total. The van der Waals surface area contributed by atoms with E-state index in [1.54, 1.807) is 11.0 Å². The SMILES string of the molecule is O=C(COc1ccccc1)N1CCC(CNS(=O)(=O)c2ccc(Cl)s2)CC1. The molecule has 0 bridgehead atoms. The lowest BCUT2D eigenvalue weighted by atomic mass is 9.97. The van der Waals surface area contributed by atoms with Crippen molar-refractivity contribution in [2.75, 3.05) is 26.2 Å². The Kier molecular flexibility index (Phi) is 6.75. The van der Waals surface area contributed by atoms with Crippen LogP contribution in [0.2, 0.25) is 4.34 Å². The molecule has 2 aromatic rings. The van der Waals surface area contributed by atoms with E-state index < -0.39 is 10.0 Å². The van der Waals surface area contributed by atoms with Gasteiger partial charge in [-0.2, -0.15) is 0 Å². The number of nitrogens with one attached hydrogen (secondary N) is 1. The predicted octanol–water partition coefficient (Wildman–Crippen LogP) is 3.00. The summed E-state index contributed by atoms with van der Waals surface area (Å²) in [4.78, 5) is 14.0. The first kappa shape index (κ1) is 20.1. The van der Waals surface area contributed by atoms with Gasteiger partial charge in [-0.05, 0) is 43.0 Å². The Morgan fingerprint density at radius 1 is 1.19 bits per heavy atom. The van der Waals surface area contributed by atoms with Crippen LogP contribution in [0.25, 0.3) is 0 Å². The maximum atomic E-state index is 12.3. The van der Waals surface area contributed by atoms with Crippen LogP contribution >= 0.6 is 22.9 Å². The van der Waals surface area contributed by atoms with Crippen LogP contribution in [0.5, 0.6) is 5.75 Å². The van der Waals surface area contributed by atoms with Crippen LogP contribution < -0.4 is 9.46 Å². The summed E-state index contributed by atoms with van der Waals surface area (Å²) in [5.41, 5.74) is 0. The number of piperidine rings is 1. The van der Waals surface area contributed by atoms with Crippen molar-refractivity contribution in [3.63, 3.8) is 0 Å². The number of amides is 1. The average Bonchev–Trinajstić information content (AvgIpc) is 3.13. The molecule has 146 valence electrons. The number of likely N-dealkylation sites (tertiary alicyclic amines) is 1. The summed E-state index contributed by atoms with van der Waals surface area (Å²) < 4.78 is 33.3. The highest BCUT2D eigenvalue weighted by atomic mass is 35.5. The van der Waals surface area contributed by atoms with Crippen molar-refractivity contribution < 1.29 is 17.9 Å². The fourth-order valence-electron chi connectivity index (χ4n) is 2.88. The van der Waals surface area contributed by atoms with Gasteiger partial charge in [0, 0.05) is 19.6 Å². The smallest absolute Gasteiger partial charge is 0.260 e. The van der Waals surface area contributed by atoms with E-state index in [0.717, 1.165) is 24.2 Å². The summed E-state index contributed by atoms with van der Waals surface area (Å²) in [6.07, 6.45) is 1.51. The van der Waals surface area contributed by atoms with Crippen LogP contribution in [-0.2, 0) is 14.8 Å². The number of rotatable bonds is 7. The molecule has 6 nitrogen and oxygen atoms in total. The monoisotopic (exact) mass is 428 g/mol. The molecule has 0 atom stereocenters. The molecule has 1 aromatic carbocycles. The number of hydrogen-bond donors (Lipinski definition) is 1. The van der Waals surface area contributed by atoms with Gasteiger partial charge in [-0.25, -0.2) is 13.1 Å². The molecule has 27 heavy (non-hydrogen) atoms. The van der Waals surface area contributed by atoms with Crippen LogP contribution in [0.4, 0.5) is 0 Å². The van der Waals surface area contributed by atoms with Gasteiger partial charge in [-0.1, -0.05) is 29.8 Å². The van der Waals surface area contributed by atoms with E-state index in [9.17, 15) is 13.2 Å². The molecule has 0 aliphatic carbocycles. The number of nitrogens with zero attached hydrogens (tertiary/aromatic N) is 1. The summed E-state index contributed by atoms with van der Waals surface area (Å²) in [5.74, 6) is 0.823. The molecule has 0 spiro atoms. The summed E-state index contributed by atoms with van der Waals surface area (Å²) in [7, 11) is -3.52. The highest BCUT2D eigenvalue weighted by Gasteiger charge is 2.25. The Bertz CT molecular complexity index is 862. The van der Waals surface area contributed by atoms with Crippen molar-refractivity contribution in [3.8, 4) is 5.75 Å². The van der Waals surface area contributed by atoms with Crippen LogP contribution in [0.1, 0.15) is 12.8 Å². The van der Waals surface area contributed by atoms with Crippen LogP contribution in [0.15, 0.2) is 46.7 Å². The van der Waals surface area contributed by atoms with Crippen molar-refractivity contribution in [2.45, 2.75) is 17.1 Å². The normalized spacial score (nSPS) is 15.7. The Morgan fingerprint density at radius 3 is 2.52 bits per heavy atom. The van der Waals surface area contributed by atoms with E-state index in [1.165, 1.54) is 6.07 Å². The molecular weight excluding hydrogens is 408 g/mol. The quantitative estimate of drug-likeness (QED) is 0.735. The van der Waals surface area contributed by atoms with Crippen LogP contribution in [0.3, 0.4) is 0 Å². The van der Waals surface area contributed by atoms with Crippen molar-refractivity contribution in [1.29, 1.82) is 0 Å². The van der Waals surface area contributed by atoms with Gasteiger partial charge in [-0.3, -0.25) is 4.79 Å². The molecular formula is C18H21ClN2O4S2. The summed E-state index contributed by atoms with van der Waals surface area (Å²) in [6, 6.07) is 12.3. The molecule has 1 aromatic heterocycles. The fraction of sp³-hybridized carbons (Fsp3) is 0.389. The van der Waals surface area contributed by atoms with Gasteiger partial charge in [0.25, 0.3) is 5.91 Å². The number of halogens is 1. The minimum Gasteiger partial charge on any atom is -0.484 e. The molecule has 3 rings (SSSR count). The number of carbonyl (C=O) groups excluding carboxylic acids is 1. The summed E-state index contributed by atoms with van der Waals surface area (Å²) in [5, 5.41) is 0. The topological polar surface area (TPSA) is 75.7 Å². The lowest BCUT2D eigenvalue weighted by Gasteiger charge is -2.32. The molecule has 1 saturated heterocycles. The Hall–Kier alpha value is -1.61. The second-order valence-corrected chi connectivity index (χ2v) is 10.0. The van der Waals surface area contributed by atoms with Crippen molar-refractivity contribution in [2.24, 2.45) is 5.92 Å². The minimum absolute atomic E-state index is 0.0143. The zero-order valence-electron chi connectivity index (χ0n) is 14.6. The number of thiophene rings is 1. The molecule has 1 fully saturated rings. The van der Waals surface area contributed by atoms with E-state index in [2.05, 4.69) is 4.72 Å². The highest BCUT2D eigenvalue weighted by Crippen LogP contribution is 2.26. The van der Waals surface area contributed by atoms with Crippen molar-refractivity contribution in [3.05, 3.63) is 46.8 Å². The highest BCUT2D eigenvalue weighted by molar-refractivity contribution is 7.91. The lowest BCUT2D eigenvalue weighted by Crippen LogP contribution is -2.43. The maximum absolute atomic E-state index is 12.3. The van der Waals surface area contributed by atoms with Crippen molar-refractivity contribution >= 4 is 38.9 Å². The van der Waals surface area contributed by atoms with E-state index >= 15 is 0 Å². The first-order valence-corrected chi connectivity index (χ1v) is 11.3. The predicted molar refractivity (Wildman–Crippen MR) is 106 cm³/mol. The average molecular weight is 429 g/mol. The number of sulfonamides is 1. The van der Waals surface area contributed by atoms with Crippen LogP contribution in [-0.4, -0.2) is 45.5 Å². The molecule has 9 heteroatoms. The van der Waals surface area contributed by atoms with E-state index in [-0.39, 0.29) is 22.6 Å². The number of ether oxygens (including phenoxy) is 1. The third kappa shape index (κ3) is 5.68. The van der Waals surface area contributed by atoms with Gasteiger partial charge >= 0.3 is 0 Å². The van der Waals surface area contributed by atoms with Gasteiger partial charge in [-0.15, -0.1) is 11.3 Å². The van der Waals surface area contributed by atoms with Crippen molar-refractivity contribution in [1.82, 2.24) is 9.62 Å². The standard InChI is InChI=1S/C18H21ClN2O4S2/c19-16-6-7-18(26-16)27(23,24)20-12-14-8-10-21(11-9-14)17(22)13-25-15-4-2-1-3-5-15/h1-7,14,20H,8-13H2. The van der Waals surface area contributed by atoms with E-state index in [0.29, 0.717) is 29.7 Å². The van der Waals surface area contributed by atoms with Gasteiger partial charge < -0.3 is 9.64 Å². The van der Waals surface area contributed by atoms with E-state index in [1.807, 2.05) is 30.3 Å². The first-order chi connectivity index (χ1) is 12.9. The van der Waals surface area contributed by atoms with Gasteiger partial charge in [0.05, 0.1) is 4.34 Å². The minimum atomic E-state index is -3.52. The first-order valence-electron chi connectivity index (χ1n) is 8.65. The molecule has 0 radical (unpaired) electrons. The Balaban J connectivity index is 1.41. The van der Waals surface area contributed by atoms with Gasteiger partial charge in [0.15, 0.2) is 6.61 Å². The molecule has 1 amide bonds. The zero-order chi connectivity index (χ0) is 19.3. The zero-order valence-corrected chi connectivity index (χ0v) is 17.0. The molecule has 1 aliphatic rings. The Labute approximate surface area is 168 Å². The summed E-state index contributed by atoms with van der Waals surface area (Å²) >= 11 is 6.84.